The van der Waals surface area contributed by atoms with Gasteiger partial charge in [-0.15, -0.1) is 0 Å². The molecular formula is C18H18N4O3. The number of carbonyl (C=O) groups is 1. The summed E-state index contributed by atoms with van der Waals surface area (Å²) in [6.45, 7) is 1.96. The molecule has 2 aromatic rings. The summed E-state index contributed by atoms with van der Waals surface area (Å²) >= 11 is 0. The maximum Gasteiger partial charge on any atom is 0.294 e. The molecule has 0 bridgehead atoms. The van der Waals surface area contributed by atoms with E-state index in [9.17, 15) is 14.9 Å². The number of rotatable bonds is 5. The van der Waals surface area contributed by atoms with Crippen LogP contribution in [0.3, 0.4) is 0 Å². The van der Waals surface area contributed by atoms with Crippen LogP contribution in [0, 0.1) is 10.1 Å². The zero-order valence-electron chi connectivity index (χ0n) is 14.0. The van der Waals surface area contributed by atoms with Gasteiger partial charge in [0.15, 0.2) is 0 Å². The number of hydrogen-bond donors (Lipinski definition) is 1. The first-order valence-corrected chi connectivity index (χ1v) is 7.97. The Balaban J connectivity index is 1.89. The fourth-order valence-electron chi connectivity index (χ4n) is 2.85. The van der Waals surface area contributed by atoms with E-state index >= 15 is 0 Å². The predicted octanol–water partition coefficient (Wildman–Crippen LogP) is 3.34. The third kappa shape index (κ3) is 3.21. The third-order valence-electron chi connectivity index (χ3n) is 4.24. The second-order valence-corrected chi connectivity index (χ2v) is 5.77. The average molecular weight is 338 g/mol. The van der Waals surface area contributed by atoms with E-state index in [0.717, 1.165) is 22.5 Å². The molecular weight excluding hydrogens is 320 g/mol. The quantitative estimate of drug-likeness (QED) is 0.514. The molecule has 1 amide bonds. The van der Waals surface area contributed by atoms with Crippen molar-refractivity contribution in [2.24, 2.45) is 5.10 Å². The number of hydrogen-bond acceptors (Lipinski definition) is 5. The van der Waals surface area contributed by atoms with E-state index in [4.69, 9.17) is 0 Å². The van der Waals surface area contributed by atoms with Crippen molar-refractivity contribution in [3.63, 3.8) is 0 Å². The summed E-state index contributed by atoms with van der Waals surface area (Å²) in [6, 6.07) is 12.2. The Kier molecular flexibility index (Phi) is 4.47. The molecule has 0 atom stereocenters. The van der Waals surface area contributed by atoms with Gasteiger partial charge in [-0.1, -0.05) is 25.1 Å². The number of benzene rings is 2. The van der Waals surface area contributed by atoms with Crippen LogP contribution < -0.4 is 10.3 Å². The van der Waals surface area contributed by atoms with Crippen LogP contribution in [0.5, 0.6) is 0 Å². The number of carbonyl (C=O) groups excluding carboxylic acids is 1. The number of para-hydroxylation sites is 2. The van der Waals surface area contributed by atoms with Crippen LogP contribution in [0.2, 0.25) is 0 Å². The van der Waals surface area contributed by atoms with E-state index in [-0.39, 0.29) is 11.6 Å². The molecule has 0 aromatic heterocycles. The maximum atomic E-state index is 11.8. The molecule has 0 saturated carbocycles. The van der Waals surface area contributed by atoms with Crippen molar-refractivity contribution >= 4 is 28.7 Å². The van der Waals surface area contributed by atoms with Gasteiger partial charge in [-0.25, -0.2) is 0 Å². The van der Waals surface area contributed by atoms with E-state index in [0.29, 0.717) is 18.5 Å². The highest BCUT2D eigenvalue weighted by Crippen LogP contribution is 2.29. The van der Waals surface area contributed by atoms with E-state index in [1.807, 2.05) is 25.1 Å². The first kappa shape index (κ1) is 16.6. The number of nitrogens with zero attached hydrogens (tertiary/aromatic N) is 3. The maximum absolute atomic E-state index is 11.8. The van der Waals surface area contributed by atoms with Crippen LogP contribution in [0.25, 0.3) is 0 Å². The van der Waals surface area contributed by atoms with E-state index in [2.05, 4.69) is 10.5 Å². The molecule has 0 fully saturated rings. The van der Waals surface area contributed by atoms with Gasteiger partial charge in [-0.2, -0.15) is 5.10 Å². The number of nitro benzene ring substituents is 1. The Labute approximate surface area is 145 Å². The standard InChI is InChI=1S/C18H18N4O3/c1-3-14(19-20-15-6-4-5-7-17(15)22(24)25)12-8-9-16-13(10-12)11-18(23)21(16)2/h4-10,20H,3,11H2,1-2H3/b19-14+. The van der Waals surface area contributed by atoms with Gasteiger partial charge in [0.25, 0.3) is 5.69 Å². The van der Waals surface area contributed by atoms with Gasteiger partial charge in [0, 0.05) is 18.8 Å². The monoisotopic (exact) mass is 338 g/mol. The lowest BCUT2D eigenvalue weighted by Gasteiger charge is -2.11. The fraction of sp³-hybridized carbons (Fsp3) is 0.222. The highest BCUT2D eigenvalue weighted by atomic mass is 16.6. The van der Waals surface area contributed by atoms with Gasteiger partial charge >= 0.3 is 0 Å². The molecule has 25 heavy (non-hydrogen) atoms. The predicted molar refractivity (Wildman–Crippen MR) is 97.1 cm³/mol. The minimum Gasteiger partial charge on any atom is -0.315 e. The van der Waals surface area contributed by atoms with Gasteiger partial charge < -0.3 is 4.90 Å². The first-order valence-electron chi connectivity index (χ1n) is 7.97. The van der Waals surface area contributed by atoms with Gasteiger partial charge in [0.2, 0.25) is 5.91 Å². The summed E-state index contributed by atoms with van der Waals surface area (Å²) in [7, 11) is 1.76. The Morgan fingerprint density at radius 2 is 2.08 bits per heavy atom. The van der Waals surface area contributed by atoms with Crippen molar-refractivity contribution in [1.29, 1.82) is 0 Å². The van der Waals surface area contributed by atoms with Gasteiger partial charge in [0.05, 0.1) is 17.1 Å². The molecule has 0 aliphatic carbocycles. The van der Waals surface area contributed by atoms with Crippen molar-refractivity contribution in [1.82, 2.24) is 0 Å². The smallest absolute Gasteiger partial charge is 0.294 e. The van der Waals surface area contributed by atoms with E-state index in [1.165, 1.54) is 6.07 Å². The number of nitrogens with one attached hydrogen (secondary N) is 1. The highest BCUT2D eigenvalue weighted by molar-refractivity contribution is 6.05. The molecule has 0 radical (unpaired) electrons. The van der Waals surface area contributed by atoms with E-state index < -0.39 is 4.92 Å². The third-order valence-corrected chi connectivity index (χ3v) is 4.24. The minimum atomic E-state index is -0.444. The minimum absolute atomic E-state index is 0.0251. The van der Waals surface area contributed by atoms with Crippen LogP contribution in [-0.2, 0) is 11.2 Å². The number of anilines is 2. The number of hydrazone groups is 1. The molecule has 1 aliphatic rings. The van der Waals surface area contributed by atoms with Crippen LogP contribution in [0.4, 0.5) is 17.1 Å². The van der Waals surface area contributed by atoms with Crippen LogP contribution >= 0.6 is 0 Å². The Bertz CT molecular complexity index is 876. The number of fused-ring (bicyclic) bond motifs is 1. The summed E-state index contributed by atoms with van der Waals surface area (Å²) in [4.78, 5) is 24.1. The van der Waals surface area contributed by atoms with Gasteiger partial charge in [-0.3, -0.25) is 20.3 Å². The molecule has 1 aliphatic heterocycles. The Hall–Kier alpha value is -3.22. The zero-order valence-corrected chi connectivity index (χ0v) is 14.0. The molecule has 128 valence electrons. The molecule has 7 nitrogen and oxygen atoms in total. The lowest BCUT2D eigenvalue weighted by atomic mass is 10.0. The molecule has 0 saturated heterocycles. The first-order chi connectivity index (χ1) is 12.0. The Morgan fingerprint density at radius 1 is 1.32 bits per heavy atom. The summed E-state index contributed by atoms with van der Waals surface area (Å²) in [5.41, 5.74) is 6.66. The largest absolute Gasteiger partial charge is 0.315 e. The SMILES string of the molecule is CC/C(=N\Nc1ccccc1[N+](=O)[O-])c1ccc2c(c1)CC(=O)N2C. The highest BCUT2D eigenvalue weighted by Gasteiger charge is 2.24. The van der Waals surface area contributed by atoms with Crippen LogP contribution in [0.15, 0.2) is 47.6 Å². The summed E-state index contributed by atoms with van der Waals surface area (Å²) in [5.74, 6) is 0.0696. The molecule has 3 rings (SSSR count). The molecule has 1 N–H and O–H groups in total. The Morgan fingerprint density at radius 3 is 2.80 bits per heavy atom. The lowest BCUT2D eigenvalue weighted by molar-refractivity contribution is -0.384. The van der Waals surface area contributed by atoms with Crippen LogP contribution in [0.1, 0.15) is 24.5 Å². The van der Waals surface area contributed by atoms with Gasteiger partial charge in [0.1, 0.15) is 5.69 Å². The molecule has 2 aromatic carbocycles. The second-order valence-electron chi connectivity index (χ2n) is 5.77. The van der Waals surface area contributed by atoms with Crippen LogP contribution in [-0.4, -0.2) is 23.6 Å². The number of nitro groups is 1. The molecule has 1 heterocycles. The van der Waals surface area contributed by atoms with E-state index in [1.54, 1.807) is 30.1 Å². The lowest BCUT2D eigenvalue weighted by Crippen LogP contribution is -2.20. The summed E-state index contributed by atoms with van der Waals surface area (Å²) in [6.07, 6.45) is 1.03. The summed E-state index contributed by atoms with van der Waals surface area (Å²) < 4.78 is 0. The number of amides is 1. The normalized spacial score (nSPS) is 13.8. The van der Waals surface area contributed by atoms with Crippen molar-refractivity contribution in [3.8, 4) is 0 Å². The van der Waals surface area contributed by atoms with Crippen molar-refractivity contribution in [2.75, 3.05) is 17.4 Å². The second kappa shape index (κ2) is 6.72. The number of likely N-dealkylation sites (N-methyl/N-ethyl adjacent to an activating group) is 1. The molecule has 0 spiro atoms. The summed E-state index contributed by atoms with van der Waals surface area (Å²) in [5, 5.41) is 15.4. The molecule has 0 unspecified atom stereocenters. The molecule has 7 heteroatoms. The van der Waals surface area contributed by atoms with Crippen molar-refractivity contribution < 1.29 is 9.72 Å². The fourth-order valence-corrected chi connectivity index (χ4v) is 2.85. The van der Waals surface area contributed by atoms with Gasteiger partial charge in [-0.05, 0) is 35.7 Å². The van der Waals surface area contributed by atoms with Crippen molar-refractivity contribution in [3.05, 3.63) is 63.7 Å². The zero-order chi connectivity index (χ0) is 18.0. The topological polar surface area (TPSA) is 87.8 Å². The average Bonchev–Trinajstić information content (AvgIpc) is 2.89. The van der Waals surface area contributed by atoms with Crippen molar-refractivity contribution in [2.45, 2.75) is 19.8 Å².